The Morgan fingerprint density at radius 3 is 2.52 bits per heavy atom. The van der Waals surface area contributed by atoms with Crippen LogP contribution in [0, 0.1) is 0 Å². The van der Waals surface area contributed by atoms with Crippen molar-refractivity contribution in [2.24, 2.45) is 0 Å². The molecule has 4 heteroatoms. The Labute approximate surface area is 122 Å². The lowest BCUT2D eigenvalue weighted by atomic mass is 10.1. The van der Waals surface area contributed by atoms with Gasteiger partial charge in [-0.25, -0.2) is 9.97 Å². The minimum atomic E-state index is 0.00102. The van der Waals surface area contributed by atoms with Crippen LogP contribution in [0.1, 0.15) is 17.4 Å². The van der Waals surface area contributed by atoms with Crippen molar-refractivity contribution in [2.75, 3.05) is 0 Å². The molecule has 0 bridgehead atoms. The van der Waals surface area contributed by atoms with Crippen LogP contribution in [0.2, 0.25) is 0 Å². The standard InChI is InChI=1S/C17H14N4/c1-2-6-13(7-3-1)16(21-11-10-18-12-21)17-19-14-8-4-5-9-15(14)20-17/h1-12,16H,(H,19,20). The number of nitrogens with one attached hydrogen (secondary N) is 1. The number of aromatic amines is 1. The highest BCUT2D eigenvalue weighted by Crippen LogP contribution is 2.26. The second-order valence-corrected chi connectivity index (χ2v) is 4.96. The lowest BCUT2D eigenvalue weighted by molar-refractivity contribution is 0.644. The molecule has 2 aromatic heterocycles. The molecule has 0 radical (unpaired) electrons. The highest BCUT2D eigenvalue weighted by Gasteiger charge is 2.19. The van der Waals surface area contributed by atoms with Crippen LogP contribution in [0.5, 0.6) is 0 Å². The van der Waals surface area contributed by atoms with E-state index in [0.29, 0.717) is 0 Å². The van der Waals surface area contributed by atoms with Gasteiger partial charge in [0.15, 0.2) is 0 Å². The van der Waals surface area contributed by atoms with Gasteiger partial charge in [0, 0.05) is 12.4 Å². The Morgan fingerprint density at radius 1 is 0.952 bits per heavy atom. The number of nitrogens with zero attached hydrogens (tertiary/aromatic N) is 3. The number of rotatable bonds is 3. The first-order chi connectivity index (χ1) is 10.4. The lowest BCUT2D eigenvalue weighted by Crippen LogP contribution is -2.12. The number of para-hydroxylation sites is 2. The van der Waals surface area contributed by atoms with Crippen LogP contribution in [0.3, 0.4) is 0 Å². The third-order valence-electron chi connectivity index (χ3n) is 3.61. The van der Waals surface area contributed by atoms with E-state index in [9.17, 15) is 0 Å². The molecule has 21 heavy (non-hydrogen) atoms. The quantitative estimate of drug-likeness (QED) is 0.622. The molecule has 0 aliphatic carbocycles. The minimum Gasteiger partial charge on any atom is -0.340 e. The van der Waals surface area contributed by atoms with Gasteiger partial charge in [-0.2, -0.15) is 0 Å². The molecule has 0 amide bonds. The summed E-state index contributed by atoms with van der Waals surface area (Å²) in [5, 5.41) is 0. The van der Waals surface area contributed by atoms with Crippen molar-refractivity contribution in [3.63, 3.8) is 0 Å². The molecule has 0 saturated carbocycles. The molecule has 0 aliphatic rings. The van der Waals surface area contributed by atoms with Crippen molar-refractivity contribution in [3.8, 4) is 0 Å². The molecular weight excluding hydrogens is 260 g/mol. The van der Waals surface area contributed by atoms with Gasteiger partial charge in [0.1, 0.15) is 11.9 Å². The molecule has 4 rings (SSSR count). The Morgan fingerprint density at radius 2 is 1.76 bits per heavy atom. The molecule has 1 N–H and O–H groups in total. The molecule has 4 nitrogen and oxygen atoms in total. The third kappa shape index (κ3) is 2.10. The molecule has 2 heterocycles. The first-order valence-electron chi connectivity index (χ1n) is 6.89. The predicted octanol–water partition coefficient (Wildman–Crippen LogP) is 3.40. The molecule has 102 valence electrons. The highest BCUT2D eigenvalue weighted by molar-refractivity contribution is 5.75. The first-order valence-corrected chi connectivity index (χ1v) is 6.89. The van der Waals surface area contributed by atoms with Crippen LogP contribution in [0.4, 0.5) is 0 Å². The SMILES string of the molecule is c1ccc(C(c2nc3ccccc3[nH]2)n2ccnc2)cc1. The second kappa shape index (κ2) is 4.90. The Balaban J connectivity index is 1.90. The topological polar surface area (TPSA) is 46.5 Å². The zero-order valence-electron chi connectivity index (χ0n) is 11.3. The predicted molar refractivity (Wildman–Crippen MR) is 82.0 cm³/mol. The van der Waals surface area contributed by atoms with Gasteiger partial charge >= 0.3 is 0 Å². The van der Waals surface area contributed by atoms with E-state index in [4.69, 9.17) is 4.98 Å². The van der Waals surface area contributed by atoms with Crippen molar-refractivity contribution in [1.82, 2.24) is 19.5 Å². The van der Waals surface area contributed by atoms with E-state index >= 15 is 0 Å². The van der Waals surface area contributed by atoms with Crippen molar-refractivity contribution in [3.05, 3.63) is 84.7 Å². The summed E-state index contributed by atoms with van der Waals surface area (Å²) in [4.78, 5) is 12.3. The van der Waals surface area contributed by atoms with E-state index in [0.717, 1.165) is 16.9 Å². The van der Waals surface area contributed by atoms with Crippen LogP contribution in [0.25, 0.3) is 11.0 Å². The van der Waals surface area contributed by atoms with Crippen molar-refractivity contribution in [2.45, 2.75) is 6.04 Å². The average Bonchev–Trinajstić information content (AvgIpc) is 3.18. The molecule has 0 spiro atoms. The van der Waals surface area contributed by atoms with Crippen molar-refractivity contribution in [1.29, 1.82) is 0 Å². The number of aromatic nitrogens is 4. The molecule has 4 aromatic rings. The van der Waals surface area contributed by atoms with Crippen LogP contribution in [-0.4, -0.2) is 19.5 Å². The normalized spacial score (nSPS) is 12.6. The fourth-order valence-corrected chi connectivity index (χ4v) is 2.63. The summed E-state index contributed by atoms with van der Waals surface area (Å²) in [5.41, 5.74) is 3.21. The summed E-state index contributed by atoms with van der Waals surface area (Å²) in [5.74, 6) is 0.917. The van der Waals surface area contributed by atoms with Gasteiger partial charge in [-0.05, 0) is 17.7 Å². The monoisotopic (exact) mass is 274 g/mol. The van der Waals surface area contributed by atoms with Gasteiger partial charge in [-0.15, -0.1) is 0 Å². The van der Waals surface area contributed by atoms with Gasteiger partial charge in [0.25, 0.3) is 0 Å². The van der Waals surface area contributed by atoms with Crippen LogP contribution < -0.4 is 0 Å². The Hall–Kier alpha value is -2.88. The molecule has 0 aliphatic heterocycles. The first kappa shape index (κ1) is 11.9. The maximum absolute atomic E-state index is 4.74. The molecule has 0 fully saturated rings. The zero-order chi connectivity index (χ0) is 14.1. The third-order valence-corrected chi connectivity index (χ3v) is 3.61. The average molecular weight is 274 g/mol. The summed E-state index contributed by atoms with van der Waals surface area (Å²) >= 11 is 0. The van der Waals surface area contributed by atoms with E-state index in [-0.39, 0.29) is 6.04 Å². The maximum Gasteiger partial charge on any atom is 0.135 e. The van der Waals surface area contributed by atoms with E-state index in [1.54, 1.807) is 6.20 Å². The van der Waals surface area contributed by atoms with Gasteiger partial charge < -0.3 is 9.55 Å². The van der Waals surface area contributed by atoms with Gasteiger partial charge in [-0.3, -0.25) is 0 Å². The molecule has 1 unspecified atom stereocenters. The van der Waals surface area contributed by atoms with Crippen LogP contribution >= 0.6 is 0 Å². The molecule has 1 atom stereocenters. The van der Waals surface area contributed by atoms with E-state index in [2.05, 4.69) is 26.7 Å². The number of benzene rings is 2. The Bertz CT molecular complexity index is 814. The number of H-pyrrole nitrogens is 1. The summed E-state index contributed by atoms with van der Waals surface area (Å²) in [6, 6.07) is 18.4. The molecule has 0 saturated heterocycles. The zero-order valence-corrected chi connectivity index (χ0v) is 11.3. The van der Waals surface area contributed by atoms with E-state index in [1.807, 2.05) is 55.0 Å². The maximum atomic E-state index is 4.74. The molecule has 2 aromatic carbocycles. The number of hydrogen-bond donors (Lipinski definition) is 1. The highest BCUT2D eigenvalue weighted by atomic mass is 15.1. The number of hydrogen-bond acceptors (Lipinski definition) is 2. The van der Waals surface area contributed by atoms with Gasteiger partial charge in [0.2, 0.25) is 0 Å². The summed E-state index contributed by atoms with van der Waals surface area (Å²) in [6.45, 7) is 0. The fraction of sp³-hybridized carbons (Fsp3) is 0.0588. The van der Waals surface area contributed by atoms with Crippen LogP contribution in [-0.2, 0) is 0 Å². The lowest BCUT2D eigenvalue weighted by Gasteiger charge is -2.16. The molecular formula is C17H14N4. The summed E-state index contributed by atoms with van der Waals surface area (Å²) in [6.07, 6.45) is 5.58. The second-order valence-electron chi connectivity index (χ2n) is 4.96. The number of imidazole rings is 2. The number of fused-ring (bicyclic) bond motifs is 1. The summed E-state index contributed by atoms with van der Waals surface area (Å²) in [7, 11) is 0. The van der Waals surface area contributed by atoms with Crippen LogP contribution in [0.15, 0.2) is 73.3 Å². The fourth-order valence-electron chi connectivity index (χ4n) is 2.63. The smallest absolute Gasteiger partial charge is 0.135 e. The van der Waals surface area contributed by atoms with Gasteiger partial charge in [-0.1, -0.05) is 42.5 Å². The van der Waals surface area contributed by atoms with E-state index in [1.165, 1.54) is 5.56 Å². The Kier molecular flexibility index (Phi) is 2.78. The van der Waals surface area contributed by atoms with E-state index < -0.39 is 0 Å². The summed E-state index contributed by atoms with van der Waals surface area (Å²) < 4.78 is 2.06. The van der Waals surface area contributed by atoms with Crippen molar-refractivity contribution < 1.29 is 0 Å². The van der Waals surface area contributed by atoms with Gasteiger partial charge in [0.05, 0.1) is 17.4 Å². The minimum absolute atomic E-state index is 0.00102. The largest absolute Gasteiger partial charge is 0.340 e. The van der Waals surface area contributed by atoms with Crippen molar-refractivity contribution >= 4 is 11.0 Å².